The topological polar surface area (TPSA) is 68.5 Å². The third-order valence-corrected chi connectivity index (χ3v) is 4.81. The number of hydrogen-bond acceptors (Lipinski definition) is 5. The number of anilines is 1. The Morgan fingerprint density at radius 2 is 1.96 bits per heavy atom. The summed E-state index contributed by atoms with van der Waals surface area (Å²) in [7, 11) is 0. The molecule has 1 atom stereocenters. The van der Waals surface area contributed by atoms with E-state index in [0.717, 1.165) is 49.7 Å². The fraction of sp³-hybridized carbons (Fsp3) is 0.647. The van der Waals surface area contributed by atoms with Crippen molar-refractivity contribution in [2.45, 2.75) is 70.9 Å². The van der Waals surface area contributed by atoms with E-state index >= 15 is 0 Å². The molecule has 0 spiro atoms. The Hall–Kier alpha value is -2.05. The first-order valence-electron chi connectivity index (χ1n) is 8.75. The lowest BCUT2D eigenvalue weighted by Crippen LogP contribution is -2.33. The van der Waals surface area contributed by atoms with Gasteiger partial charge in [0.25, 0.3) is 0 Å². The van der Waals surface area contributed by atoms with Crippen molar-refractivity contribution in [3.63, 3.8) is 0 Å². The smallest absolute Gasteiger partial charge is 0.186 e. The second-order valence-corrected chi connectivity index (χ2v) is 7.22. The molecule has 1 fully saturated rings. The number of halogens is 1. The van der Waals surface area contributed by atoms with E-state index in [0.29, 0.717) is 23.3 Å². The van der Waals surface area contributed by atoms with E-state index in [9.17, 15) is 4.39 Å². The van der Waals surface area contributed by atoms with Crippen molar-refractivity contribution in [1.82, 2.24) is 24.7 Å². The zero-order valence-corrected chi connectivity index (χ0v) is 14.4. The van der Waals surface area contributed by atoms with Crippen molar-refractivity contribution in [3.05, 3.63) is 29.0 Å². The Kier molecular flexibility index (Phi) is 3.73. The molecule has 1 aliphatic carbocycles. The molecular formula is C17H23FN6. The highest BCUT2D eigenvalue weighted by Crippen LogP contribution is 2.39. The molecule has 0 saturated heterocycles. The highest BCUT2D eigenvalue weighted by Gasteiger charge is 2.29. The van der Waals surface area contributed by atoms with Gasteiger partial charge >= 0.3 is 0 Å². The van der Waals surface area contributed by atoms with Crippen LogP contribution in [0.2, 0.25) is 0 Å². The van der Waals surface area contributed by atoms with Crippen LogP contribution in [0.3, 0.4) is 0 Å². The van der Waals surface area contributed by atoms with Crippen molar-refractivity contribution in [2.24, 2.45) is 0 Å². The zero-order chi connectivity index (χ0) is 16.8. The molecular weight excluding hydrogens is 307 g/mol. The average molecular weight is 330 g/mol. The van der Waals surface area contributed by atoms with Gasteiger partial charge in [0.2, 0.25) is 0 Å². The second kappa shape index (κ2) is 5.79. The van der Waals surface area contributed by atoms with Crippen LogP contribution in [0, 0.1) is 12.7 Å². The van der Waals surface area contributed by atoms with Crippen LogP contribution in [0.15, 0.2) is 0 Å². The van der Waals surface area contributed by atoms with Crippen LogP contribution in [-0.4, -0.2) is 30.8 Å². The minimum absolute atomic E-state index is 0.127. The minimum atomic E-state index is -0.335. The Bertz CT molecular complexity index is 765. The molecule has 1 saturated carbocycles. The van der Waals surface area contributed by atoms with Crippen molar-refractivity contribution in [2.75, 3.05) is 5.32 Å². The molecule has 0 radical (unpaired) electrons. The lowest BCUT2D eigenvalue weighted by Gasteiger charge is -2.26. The van der Waals surface area contributed by atoms with Crippen LogP contribution in [-0.2, 0) is 13.0 Å². The lowest BCUT2D eigenvalue weighted by atomic mass is 10.1. The highest BCUT2D eigenvalue weighted by molar-refractivity contribution is 5.40. The third kappa shape index (κ3) is 2.76. The zero-order valence-electron chi connectivity index (χ0n) is 14.4. The first kappa shape index (κ1) is 15.5. The predicted molar refractivity (Wildman–Crippen MR) is 88.5 cm³/mol. The number of rotatable bonds is 4. The number of nitrogens with one attached hydrogen (secondary N) is 1. The molecule has 2 aliphatic rings. The summed E-state index contributed by atoms with van der Waals surface area (Å²) in [4.78, 5) is 8.75. The van der Waals surface area contributed by atoms with Gasteiger partial charge in [-0.2, -0.15) is 0 Å². The molecule has 24 heavy (non-hydrogen) atoms. The van der Waals surface area contributed by atoms with Gasteiger partial charge in [-0.25, -0.2) is 14.4 Å². The van der Waals surface area contributed by atoms with Gasteiger partial charge in [-0.15, -0.1) is 10.2 Å². The normalized spacial score (nSPS) is 20.3. The maximum absolute atomic E-state index is 14.4. The number of hydrogen-bond donors (Lipinski definition) is 1. The summed E-state index contributed by atoms with van der Waals surface area (Å²) < 4.78 is 16.6. The van der Waals surface area contributed by atoms with Crippen molar-refractivity contribution < 1.29 is 4.39 Å². The number of nitrogens with zero attached hydrogens (tertiary/aromatic N) is 5. The fourth-order valence-electron chi connectivity index (χ4n) is 3.29. The molecule has 1 N–H and O–H groups in total. The van der Waals surface area contributed by atoms with Crippen molar-refractivity contribution >= 4 is 5.82 Å². The van der Waals surface area contributed by atoms with Gasteiger partial charge in [-0.1, -0.05) is 13.8 Å². The highest BCUT2D eigenvalue weighted by atomic mass is 19.1. The van der Waals surface area contributed by atoms with E-state index in [1.54, 1.807) is 6.92 Å². The number of fused-ring (bicyclic) bond motifs is 1. The van der Waals surface area contributed by atoms with E-state index in [1.807, 2.05) is 0 Å². The summed E-state index contributed by atoms with van der Waals surface area (Å²) in [5.74, 6) is 3.54. The van der Waals surface area contributed by atoms with Crippen LogP contribution in [0.25, 0.3) is 0 Å². The van der Waals surface area contributed by atoms with Crippen LogP contribution in [0.5, 0.6) is 0 Å². The standard InChI is InChI=1S/C17H23FN6/c1-9(2)17-23-22-13-7-6-12(8-24(13)17)20-16-14(18)10(3)19-15(21-16)11-4-5-11/h9,11-12H,4-8H2,1-3H3,(H,19,20,21)/t12-/m1/s1. The summed E-state index contributed by atoms with van der Waals surface area (Å²) in [5.41, 5.74) is 0.429. The van der Waals surface area contributed by atoms with E-state index in [4.69, 9.17) is 0 Å². The summed E-state index contributed by atoms with van der Waals surface area (Å²) >= 11 is 0. The molecule has 6 nitrogen and oxygen atoms in total. The van der Waals surface area contributed by atoms with Gasteiger partial charge < -0.3 is 9.88 Å². The number of aromatic nitrogens is 5. The van der Waals surface area contributed by atoms with E-state index in [1.165, 1.54) is 0 Å². The minimum Gasteiger partial charge on any atom is -0.363 e. The Morgan fingerprint density at radius 1 is 1.17 bits per heavy atom. The maximum Gasteiger partial charge on any atom is 0.186 e. The maximum atomic E-state index is 14.4. The molecule has 0 unspecified atom stereocenters. The summed E-state index contributed by atoms with van der Waals surface area (Å²) in [6, 6.07) is 0.127. The fourth-order valence-corrected chi connectivity index (χ4v) is 3.29. The molecule has 7 heteroatoms. The quantitative estimate of drug-likeness (QED) is 0.933. The predicted octanol–water partition coefficient (Wildman–Crippen LogP) is 2.94. The van der Waals surface area contributed by atoms with E-state index in [-0.39, 0.29) is 11.9 Å². The van der Waals surface area contributed by atoms with Crippen LogP contribution < -0.4 is 5.32 Å². The molecule has 128 valence electrons. The van der Waals surface area contributed by atoms with Gasteiger partial charge in [-0.3, -0.25) is 0 Å². The van der Waals surface area contributed by atoms with Crippen molar-refractivity contribution in [3.8, 4) is 0 Å². The van der Waals surface area contributed by atoms with Crippen molar-refractivity contribution in [1.29, 1.82) is 0 Å². The van der Waals surface area contributed by atoms with Gasteiger partial charge in [0.15, 0.2) is 11.6 Å². The largest absolute Gasteiger partial charge is 0.363 e. The Labute approximate surface area is 140 Å². The second-order valence-electron chi connectivity index (χ2n) is 7.22. The van der Waals surface area contributed by atoms with Gasteiger partial charge in [0, 0.05) is 30.8 Å². The lowest BCUT2D eigenvalue weighted by molar-refractivity contribution is 0.455. The molecule has 0 aromatic carbocycles. The molecule has 2 aromatic heterocycles. The van der Waals surface area contributed by atoms with Gasteiger partial charge in [0.1, 0.15) is 17.5 Å². The summed E-state index contributed by atoms with van der Waals surface area (Å²) in [6.07, 6.45) is 3.96. The van der Waals surface area contributed by atoms with Crippen LogP contribution in [0.1, 0.15) is 68.1 Å². The Balaban J connectivity index is 1.57. The average Bonchev–Trinajstić information content (AvgIpc) is 3.31. The van der Waals surface area contributed by atoms with Gasteiger partial charge in [-0.05, 0) is 26.2 Å². The molecule has 3 heterocycles. The Morgan fingerprint density at radius 3 is 2.67 bits per heavy atom. The number of aryl methyl sites for hydroxylation is 2. The molecule has 2 aromatic rings. The molecule has 0 amide bonds. The van der Waals surface area contributed by atoms with Crippen LogP contribution in [0.4, 0.5) is 10.2 Å². The first-order chi connectivity index (χ1) is 11.5. The molecule has 4 rings (SSSR count). The monoisotopic (exact) mass is 330 g/mol. The van der Waals surface area contributed by atoms with E-state index < -0.39 is 0 Å². The van der Waals surface area contributed by atoms with Gasteiger partial charge in [0.05, 0.1) is 5.69 Å². The third-order valence-electron chi connectivity index (χ3n) is 4.81. The summed E-state index contributed by atoms with van der Waals surface area (Å²) in [5, 5.41) is 11.9. The molecule has 1 aliphatic heterocycles. The molecule has 0 bridgehead atoms. The van der Waals surface area contributed by atoms with Crippen LogP contribution >= 0.6 is 0 Å². The first-order valence-corrected chi connectivity index (χ1v) is 8.75. The SMILES string of the molecule is Cc1nc(C2CC2)nc(N[C@@H]2CCc3nnc(C(C)C)n3C2)c1F. The summed E-state index contributed by atoms with van der Waals surface area (Å²) in [6.45, 7) is 6.69. The van der Waals surface area contributed by atoms with E-state index in [2.05, 4.69) is 43.9 Å².